The second-order valence-corrected chi connectivity index (χ2v) is 5.98. The first-order chi connectivity index (χ1) is 12.4. The Hall–Kier alpha value is -3.19. The molecule has 2 aromatic carbocycles. The summed E-state index contributed by atoms with van der Waals surface area (Å²) in [6.07, 6.45) is -0.643. The number of nitrogens with one attached hydrogen (secondary N) is 2. The van der Waals surface area contributed by atoms with Crippen LogP contribution in [0.3, 0.4) is 0 Å². The third-order valence-electron chi connectivity index (χ3n) is 3.67. The van der Waals surface area contributed by atoms with Crippen molar-refractivity contribution < 1.29 is 14.7 Å². The van der Waals surface area contributed by atoms with Crippen LogP contribution in [0.25, 0.3) is 22.3 Å². The Labute approximate surface area is 152 Å². The summed E-state index contributed by atoms with van der Waals surface area (Å²) < 4.78 is 0. The molecule has 0 atom stereocenters. The van der Waals surface area contributed by atoms with Crippen molar-refractivity contribution in [3.63, 3.8) is 0 Å². The Morgan fingerprint density at radius 1 is 1.15 bits per heavy atom. The van der Waals surface area contributed by atoms with Gasteiger partial charge >= 0.3 is 0 Å². The van der Waals surface area contributed by atoms with Gasteiger partial charge in [0, 0.05) is 23.0 Å². The molecule has 1 amide bonds. The highest BCUT2D eigenvalue weighted by atomic mass is 35.5. The van der Waals surface area contributed by atoms with Crippen molar-refractivity contribution in [3.05, 3.63) is 57.8 Å². The molecule has 0 spiro atoms. The molecule has 8 heteroatoms. The van der Waals surface area contributed by atoms with E-state index in [-0.39, 0.29) is 12.1 Å². The van der Waals surface area contributed by atoms with E-state index in [1.54, 1.807) is 30.3 Å². The third kappa shape index (κ3) is 3.89. The van der Waals surface area contributed by atoms with E-state index in [1.807, 2.05) is 0 Å². The Morgan fingerprint density at radius 2 is 1.92 bits per heavy atom. The van der Waals surface area contributed by atoms with Crippen molar-refractivity contribution in [1.29, 1.82) is 0 Å². The number of amides is 1. The molecule has 0 radical (unpaired) electrons. The van der Waals surface area contributed by atoms with Gasteiger partial charge in [-0.1, -0.05) is 23.7 Å². The van der Waals surface area contributed by atoms with E-state index in [0.29, 0.717) is 27.3 Å². The minimum Gasteiger partial charge on any atom is -0.550 e. The van der Waals surface area contributed by atoms with Crippen molar-refractivity contribution in [1.82, 2.24) is 9.97 Å². The van der Waals surface area contributed by atoms with Crippen molar-refractivity contribution in [3.8, 4) is 11.3 Å². The molecule has 0 aliphatic rings. The minimum absolute atomic E-state index is 0.0985. The number of halogens is 1. The lowest BCUT2D eigenvalue weighted by Gasteiger charge is -2.12. The topological polar surface area (TPSA) is 115 Å². The number of carbonyl (C=O) groups excluding carboxylic acids is 2. The van der Waals surface area contributed by atoms with Gasteiger partial charge in [-0.15, -0.1) is 0 Å². The number of aromatic amines is 1. The number of carbonyl (C=O) groups is 2. The molecule has 2 N–H and O–H groups in total. The van der Waals surface area contributed by atoms with Crippen LogP contribution < -0.4 is 16.0 Å². The molecule has 0 saturated carbocycles. The van der Waals surface area contributed by atoms with E-state index in [9.17, 15) is 19.5 Å². The zero-order valence-electron chi connectivity index (χ0n) is 13.4. The molecule has 1 heterocycles. The van der Waals surface area contributed by atoms with Gasteiger partial charge in [-0.25, -0.2) is 4.98 Å². The summed E-state index contributed by atoms with van der Waals surface area (Å²) in [6.45, 7) is 0. The second-order valence-electron chi connectivity index (χ2n) is 5.54. The molecular formula is C18H13ClN3O4-. The molecule has 1 aromatic heterocycles. The first-order valence-corrected chi connectivity index (χ1v) is 8.10. The van der Waals surface area contributed by atoms with Crippen molar-refractivity contribution in [2.75, 3.05) is 5.32 Å². The summed E-state index contributed by atoms with van der Waals surface area (Å²) in [4.78, 5) is 42.0. The minimum atomic E-state index is -1.32. The zero-order chi connectivity index (χ0) is 18.7. The van der Waals surface area contributed by atoms with E-state index in [0.717, 1.165) is 0 Å². The number of rotatable bonds is 5. The maximum absolute atomic E-state index is 12.4. The van der Waals surface area contributed by atoms with Crippen LogP contribution in [0.1, 0.15) is 12.8 Å². The van der Waals surface area contributed by atoms with Crippen LogP contribution in [-0.2, 0) is 9.59 Å². The normalized spacial score (nSPS) is 10.7. The first-order valence-electron chi connectivity index (χ1n) is 7.73. The molecule has 0 bridgehead atoms. The maximum Gasteiger partial charge on any atom is 0.275 e. The molecule has 132 valence electrons. The summed E-state index contributed by atoms with van der Waals surface area (Å²) in [6, 6.07) is 11.6. The number of anilines is 1. The number of carboxylic acid groups (broad SMARTS) is 1. The lowest BCUT2D eigenvalue weighted by Crippen LogP contribution is -2.24. The van der Waals surface area contributed by atoms with Crippen LogP contribution in [0.2, 0.25) is 5.02 Å². The van der Waals surface area contributed by atoms with Gasteiger partial charge in [0.25, 0.3) is 5.56 Å². The molecule has 26 heavy (non-hydrogen) atoms. The fourth-order valence-electron chi connectivity index (χ4n) is 2.46. The van der Waals surface area contributed by atoms with Crippen molar-refractivity contribution in [2.45, 2.75) is 12.8 Å². The highest BCUT2D eigenvalue weighted by molar-refractivity contribution is 6.31. The zero-order valence-corrected chi connectivity index (χ0v) is 14.2. The molecule has 0 aliphatic carbocycles. The predicted octanol–water partition coefficient (Wildman–Crippen LogP) is 1.71. The Kier molecular flexibility index (Phi) is 4.99. The Bertz CT molecular complexity index is 1060. The number of para-hydroxylation sites is 2. The Balaban J connectivity index is 2.03. The van der Waals surface area contributed by atoms with Crippen LogP contribution in [-0.4, -0.2) is 21.8 Å². The molecule has 3 rings (SSSR count). The first kappa shape index (κ1) is 17.6. The van der Waals surface area contributed by atoms with Crippen LogP contribution in [0.5, 0.6) is 0 Å². The molecule has 0 saturated heterocycles. The molecule has 0 unspecified atom stereocenters. The van der Waals surface area contributed by atoms with E-state index in [1.165, 1.54) is 12.1 Å². The predicted molar refractivity (Wildman–Crippen MR) is 95.7 cm³/mol. The van der Waals surface area contributed by atoms with Gasteiger partial charge in [-0.05, 0) is 36.8 Å². The summed E-state index contributed by atoms with van der Waals surface area (Å²) >= 11 is 6.04. The van der Waals surface area contributed by atoms with Gasteiger partial charge in [0.2, 0.25) is 5.91 Å². The van der Waals surface area contributed by atoms with Gasteiger partial charge in [0.05, 0.1) is 16.7 Å². The fraction of sp³-hybridized carbons (Fsp3) is 0.111. The number of fused-ring (bicyclic) bond motifs is 1. The van der Waals surface area contributed by atoms with Gasteiger partial charge in [-0.3, -0.25) is 9.59 Å². The van der Waals surface area contributed by atoms with Gasteiger partial charge in [0.1, 0.15) is 5.69 Å². The van der Waals surface area contributed by atoms with Gasteiger partial charge in [-0.2, -0.15) is 0 Å². The SMILES string of the molecule is O=C([O-])CCC(=O)Nc1ccc(Cl)cc1-c1nc2ccccc2[nH]c1=O. The van der Waals surface area contributed by atoms with Crippen molar-refractivity contribution in [2.24, 2.45) is 0 Å². The van der Waals surface area contributed by atoms with Crippen LogP contribution in [0.4, 0.5) is 5.69 Å². The largest absolute Gasteiger partial charge is 0.550 e. The maximum atomic E-state index is 12.4. The lowest BCUT2D eigenvalue weighted by molar-refractivity contribution is -0.305. The number of aliphatic carboxylic acids is 1. The van der Waals surface area contributed by atoms with Crippen molar-refractivity contribution >= 4 is 40.2 Å². The molecule has 3 aromatic rings. The number of benzene rings is 2. The number of hydrogen-bond donors (Lipinski definition) is 2. The monoisotopic (exact) mass is 370 g/mol. The lowest BCUT2D eigenvalue weighted by atomic mass is 10.1. The smallest absolute Gasteiger partial charge is 0.275 e. The van der Waals surface area contributed by atoms with Crippen LogP contribution in [0.15, 0.2) is 47.3 Å². The summed E-state index contributed by atoms with van der Waals surface area (Å²) in [7, 11) is 0. The third-order valence-corrected chi connectivity index (χ3v) is 3.90. The average Bonchev–Trinajstić information content (AvgIpc) is 2.61. The number of hydrogen-bond acceptors (Lipinski definition) is 5. The molecule has 7 nitrogen and oxygen atoms in total. The Morgan fingerprint density at radius 3 is 2.69 bits per heavy atom. The van der Waals surface area contributed by atoms with E-state index in [4.69, 9.17) is 11.6 Å². The standard InChI is InChI=1S/C18H14ClN3O4/c19-10-5-6-12(20-15(23)7-8-16(24)25)11(9-10)17-18(26)22-14-4-2-1-3-13(14)21-17/h1-6,9H,7-8H2,(H,20,23)(H,22,26)(H,24,25)/p-1. The quantitative estimate of drug-likeness (QED) is 0.709. The number of carboxylic acids is 1. The number of nitrogens with zero attached hydrogens (tertiary/aromatic N) is 1. The fourth-order valence-corrected chi connectivity index (χ4v) is 2.63. The van der Waals surface area contributed by atoms with E-state index in [2.05, 4.69) is 15.3 Å². The summed E-state index contributed by atoms with van der Waals surface area (Å²) in [5.74, 6) is -1.83. The highest BCUT2D eigenvalue weighted by Crippen LogP contribution is 2.28. The molecule has 0 fully saturated rings. The van der Waals surface area contributed by atoms with Crippen LogP contribution in [0, 0.1) is 0 Å². The van der Waals surface area contributed by atoms with Crippen LogP contribution >= 0.6 is 11.6 Å². The van der Waals surface area contributed by atoms with E-state index >= 15 is 0 Å². The average molecular weight is 371 g/mol. The summed E-state index contributed by atoms with van der Waals surface area (Å²) in [5.41, 5.74) is 1.48. The molecular weight excluding hydrogens is 358 g/mol. The number of H-pyrrole nitrogens is 1. The van der Waals surface area contributed by atoms with E-state index < -0.39 is 23.9 Å². The molecule has 0 aliphatic heterocycles. The summed E-state index contributed by atoms with van der Waals surface area (Å²) in [5, 5.41) is 13.4. The highest BCUT2D eigenvalue weighted by Gasteiger charge is 2.14. The second kappa shape index (κ2) is 7.37. The van der Waals surface area contributed by atoms with Gasteiger partial charge in [0.15, 0.2) is 0 Å². The van der Waals surface area contributed by atoms with Gasteiger partial charge < -0.3 is 20.2 Å². The number of aromatic nitrogens is 2.